The fourth-order valence-electron chi connectivity index (χ4n) is 5.36. The van der Waals surface area contributed by atoms with Gasteiger partial charge in [-0.3, -0.25) is 9.69 Å². The van der Waals surface area contributed by atoms with Crippen LogP contribution in [0.25, 0.3) is 0 Å². The van der Waals surface area contributed by atoms with Crippen molar-refractivity contribution < 1.29 is 18.7 Å². The second-order valence-electron chi connectivity index (χ2n) is 13.8. The second kappa shape index (κ2) is 16.8. The van der Waals surface area contributed by atoms with Gasteiger partial charge in [0, 0.05) is 37.3 Å². The Labute approximate surface area is 283 Å². The molecule has 0 heterocycles. The molecule has 4 aromatic rings. The molecule has 0 saturated heterocycles. The molecule has 1 N–H and O–H groups in total. The SMILES string of the molecule is COc1ccc(C[C@@H](CN(Cc2ccccc2)[C@H](CO[Si](C)(C)C(C)(C)C)Cc2ccc(OC)cc2)NC(=O)c2ccccc2)cc1. The quantitative estimate of drug-likeness (QED) is 0.124. The highest BCUT2D eigenvalue weighted by Crippen LogP contribution is 2.37. The summed E-state index contributed by atoms with van der Waals surface area (Å²) >= 11 is 0. The lowest BCUT2D eigenvalue weighted by Gasteiger charge is -2.40. The number of methoxy groups -OCH3 is 2. The van der Waals surface area contributed by atoms with Crippen LogP contribution in [0.5, 0.6) is 11.5 Å². The predicted molar refractivity (Wildman–Crippen MR) is 195 cm³/mol. The Balaban J connectivity index is 1.71. The molecule has 0 aliphatic heterocycles. The molecule has 1 amide bonds. The molecule has 0 radical (unpaired) electrons. The monoisotopic (exact) mass is 652 g/mol. The molecule has 7 heteroatoms. The van der Waals surface area contributed by atoms with Crippen LogP contribution in [0.2, 0.25) is 18.1 Å². The average molecular weight is 653 g/mol. The molecular weight excluding hydrogens is 601 g/mol. The van der Waals surface area contributed by atoms with E-state index in [-0.39, 0.29) is 23.0 Å². The van der Waals surface area contributed by atoms with Gasteiger partial charge < -0.3 is 19.2 Å². The maximum Gasteiger partial charge on any atom is 0.251 e. The molecule has 0 aromatic heterocycles. The Kier molecular flexibility index (Phi) is 12.8. The van der Waals surface area contributed by atoms with Crippen molar-refractivity contribution in [1.82, 2.24) is 10.2 Å². The molecule has 0 aliphatic carbocycles. The van der Waals surface area contributed by atoms with Gasteiger partial charge in [0.25, 0.3) is 5.91 Å². The lowest BCUT2D eigenvalue weighted by molar-refractivity contribution is 0.0870. The van der Waals surface area contributed by atoms with Gasteiger partial charge in [0.2, 0.25) is 0 Å². The highest BCUT2D eigenvalue weighted by molar-refractivity contribution is 6.74. The minimum atomic E-state index is -2.05. The summed E-state index contributed by atoms with van der Waals surface area (Å²) in [5, 5.41) is 3.48. The Morgan fingerprint density at radius 3 is 1.74 bits per heavy atom. The number of rotatable bonds is 16. The first-order chi connectivity index (χ1) is 22.5. The molecule has 2 atom stereocenters. The zero-order valence-electron chi connectivity index (χ0n) is 29.2. The van der Waals surface area contributed by atoms with E-state index in [9.17, 15) is 4.79 Å². The van der Waals surface area contributed by atoms with E-state index in [1.807, 2.05) is 54.6 Å². The van der Waals surface area contributed by atoms with Crippen LogP contribution in [0.4, 0.5) is 0 Å². The third-order valence-electron chi connectivity index (χ3n) is 9.29. The van der Waals surface area contributed by atoms with Crippen LogP contribution < -0.4 is 14.8 Å². The van der Waals surface area contributed by atoms with E-state index in [0.717, 1.165) is 30.0 Å². The molecule has 0 spiro atoms. The van der Waals surface area contributed by atoms with Crippen molar-refractivity contribution in [2.45, 2.75) is 70.4 Å². The standard InChI is InChI=1S/C40H52N2O4Si/c1-40(2,3)47(6,7)46-30-36(27-32-20-24-38(45-5)25-21-32)42(28-33-14-10-8-11-15-33)29-35(26-31-18-22-37(44-4)23-19-31)41-39(43)34-16-12-9-13-17-34/h8-25,35-36H,26-30H2,1-7H3,(H,41,43)/t35-,36-/m0/s1. The van der Waals surface area contributed by atoms with E-state index in [4.69, 9.17) is 13.9 Å². The molecule has 0 bridgehead atoms. The summed E-state index contributed by atoms with van der Waals surface area (Å²) in [5.74, 6) is 1.58. The number of carbonyl (C=O) groups is 1. The van der Waals surface area contributed by atoms with Gasteiger partial charge in [-0.2, -0.15) is 0 Å². The minimum Gasteiger partial charge on any atom is -0.497 e. The Morgan fingerprint density at radius 1 is 0.723 bits per heavy atom. The number of hydrogen-bond donors (Lipinski definition) is 1. The molecule has 250 valence electrons. The van der Waals surface area contributed by atoms with Crippen LogP contribution in [0, 0.1) is 0 Å². The second-order valence-corrected chi connectivity index (χ2v) is 18.6. The summed E-state index contributed by atoms with van der Waals surface area (Å²) in [6, 6.07) is 36.4. The number of hydrogen-bond acceptors (Lipinski definition) is 5. The van der Waals surface area contributed by atoms with Crippen LogP contribution in [-0.2, 0) is 23.8 Å². The molecule has 47 heavy (non-hydrogen) atoms. The zero-order valence-corrected chi connectivity index (χ0v) is 30.2. The zero-order chi connectivity index (χ0) is 33.9. The number of amides is 1. The topological polar surface area (TPSA) is 60.0 Å². The highest BCUT2D eigenvalue weighted by Gasteiger charge is 2.38. The summed E-state index contributed by atoms with van der Waals surface area (Å²) < 4.78 is 17.8. The van der Waals surface area contributed by atoms with Crippen LogP contribution in [0.3, 0.4) is 0 Å². The van der Waals surface area contributed by atoms with E-state index in [2.05, 4.69) is 98.7 Å². The van der Waals surface area contributed by atoms with Crippen molar-refractivity contribution in [3.63, 3.8) is 0 Å². The van der Waals surface area contributed by atoms with Crippen molar-refractivity contribution >= 4 is 14.2 Å². The molecule has 0 aliphatic rings. The van der Waals surface area contributed by atoms with Crippen molar-refractivity contribution in [3.8, 4) is 11.5 Å². The lowest BCUT2D eigenvalue weighted by atomic mass is 10.0. The molecule has 4 aromatic carbocycles. The van der Waals surface area contributed by atoms with Gasteiger partial charge in [-0.05, 0) is 84.1 Å². The third kappa shape index (κ3) is 10.8. The Bertz CT molecular complexity index is 1500. The first-order valence-corrected chi connectivity index (χ1v) is 19.4. The predicted octanol–water partition coefficient (Wildman–Crippen LogP) is 8.18. The van der Waals surface area contributed by atoms with Crippen LogP contribution >= 0.6 is 0 Å². The molecule has 6 nitrogen and oxygen atoms in total. The fraction of sp³-hybridized carbons (Fsp3) is 0.375. The number of nitrogens with zero attached hydrogens (tertiary/aromatic N) is 1. The number of carbonyl (C=O) groups excluding carboxylic acids is 1. The van der Waals surface area contributed by atoms with Gasteiger partial charge in [0.05, 0.1) is 14.2 Å². The average Bonchev–Trinajstić information content (AvgIpc) is 3.07. The lowest BCUT2D eigenvalue weighted by Crippen LogP contribution is -2.51. The van der Waals surface area contributed by atoms with E-state index >= 15 is 0 Å². The summed E-state index contributed by atoms with van der Waals surface area (Å²) in [5.41, 5.74) is 4.22. The van der Waals surface area contributed by atoms with Gasteiger partial charge in [-0.25, -0.2) is 0 Å². The van der Waals surface area contributed by atoms with Gasteiger partial charge in [0.1, 0.15) is 11.5 Å². The minimum absolute atomic E-state index is 0.0599. The van der Waals surface area contributed by atoms with Crippen molar-refractivity contribution in [3.05, 3.63) is 131 Å². The van der Waals surface area contributed by atoms with Gasteiger partial charge in [0.15, 0.2) is 8.32 Å². The maximum absolute atomic E-state index is 13.6. The van der Waals surface area contributed by atoms with E-state index in [0.29, 0.717) is 25.1 Å². The van der Waals surface area contributed by atoms with Crippen LogP contribution in [0.1, 0.15) is 47.8 Å². The number of benzene rings is 4. The third-order valence-corrected chi connectivity index (χ3v) is 13.8. The van der Waals surface area contributed by atoms with E-state index in [1.165, 1.54) is 11.1 Å². The van der Waals surface area contributed by atoms with E-state index < -0.39 is 8.32 Å². The van der Waals surface area contributed by atoms with Crippen LogP contribution in [-0.4, -0.2) is 58.6 Å². The largest absolute Gasteiger partial charge is 0.497 e. The highest BCUT2D eigenvalue weighted by atomic mass is 28.4. The summed E-state index contributed by atoms with van der Waals surface area (Å²) in [4.78, 5) is 16.1. The molecule has 4 rings (SSSR count). The van der Waals surface area contributed by atoms with Crippen molar-refractivity contribution in [2.75, 3.05) is 27.4 Å². The summed E-state index contributed by atoms with van der Waals surface area (Å²) in [6.07, 6.45) is 1.47. The van der Waals surface area contributed by atoms with Crippen LogP contribution in [0.15, 0.2) is 109 Å². The molecule has 0 saturated carbocycles. The first kappa shape index (κ1) is 35.9. The molecular formula is C40H52N2O4Si. The number of nitrogens with one attached hydrogen (secondary N) is 1. The van der Waals surface area contributed by atoms with Crippen molar-refractivity contribution in [1.29, 1.82) is 0 Å². The smallest absolute Gasteiger partial charge is 0.251 e. The molecule has 0 fully saturated rings. The van der Waals surface area contributed by atoms with Gasteiger partial charge in [-0.1, -0.05) is 93.6 Å². The normalized spacial score (nSPS) is 13.2. The van der Waals surface area contributed by atoms with E-state index in [1.54, 1.807) is 14.2 Å². The Morgan fingerprint density at radius 2 is 1.23 bits per heavy atom. The summed E-state index contributed by atoms with van der Waals surface area (Å²) in [7, 11) is 1.32. The van der Waals surface area contributed by atoms with Gasteiger partial charge in [-0.15, -0.1) is 0 Å². The fourth-order valence-corrected chi connectivity index (χ4v) is 6.40. The summed E-state index contributed by atoms with van der Waals surface area (Å²) in [6.45, 7) is 13.4. The van der Waals surface area contributed by atoms with Gasteiger partial charge >= 0.3 is 0 Å². The molecule has 0 unspecified atom stereocenters. The number of ether oxygens (including phenoxy) is 2. The van der Waals surface area contributed by atoms with Crippen molar-refractivity contribution in [2.24, 2.45) is 0 Å². The maximum atomic E-state index is 13.6. The Hall–Kier alpha value is -3.91. The first-order valence-electron chi connectivity index (χ1n) is 16.5.